The van der Waals surface area contributed by atoms with Gasteiger partial charge in [0, 0.05) is 44.3 Å². The summed E-state index contributed by atoms with van der Waals surface area (Å²) in [6, 6.07) is 6.56. The lowest BCUT2D eigenvalue weighted by Gasteiger charge is -2.37. The minimum absolute atomic E-state index is 0. The fourth-order valence-corrected chi connectivity index (χ4v) is 3.23. The number of halogens is 3. The third-order valence-corrected chi connectivity index (χ3v) is 4.46. The number of piperazine rings is 1. The van der Waals surface area contributed by atoms with Gasteiger partial charge in [-0.25, -0.2) is 0 Å². The van der Waals surface area contributed by atoms with E-state index >= 15 is 0 Å². The number of nitrogens with one attached hydrogen (secondary N) is 1. The number of rotatable bonds is 4. The Kier molecular flexibility index (Phi) is 6.77. The Morgan fingerprint density at radius 2 is 2.00 bits per heavy atom. The number of ether oxygens (including phenoxy) is 1. The molecule has 1 aromatic rings. The molecule has 0 spiro atoms. The zero-order valence-electron chi connectivity index (χ0n) is 13.3. The predicted molar refractivity (Wildman–Crippen MR) is 89.1 cm³/mol. The van der Waals surface area contributed by atoms with E-state index in [-0.39, 0.29) is 24.1 Å². The van der Waals surface area contributed by atoms with Gasteiger partial charge in [0.25, 0.3) is 5.91 Å². The second kappa shape index (κ2) is 8.60. The van der Waals surface area contributed by atoms with Crippen LogP contribution in [0.4, 0.5) is 8.78 Å². The molecule has 2 saturated heterocycles. The summed E-state index contributed by atoms with van der Waals surface area (Å²) in [4.78, 5) is 16.7. The van der Waals surface area contributed by atoms with Gasteiger partial charge in [0.2, 0.25) is 0 Å². The van der Waals surface area contributed by atoms with Crippen molar-refractivity contribution >= 4 is 18.3 Å². The zero-order valence-corrected chi connectivity index (χ0v) is 14.1. The van der Waals surface area contributed by atoms with Crippen molar-refractivity contribution in [2.45, 2.75) is 19.1 Å². The van der Waals surface area contributed by atoms with Crippen LogP contribution in [-0.4, -0.2) is 67.6 Å². The Hall–Kier alpha value is -1.44. The average molecular weight is 362 g/mol. The van der Waals surface area contributed by atoms with Gasteiger partial charge in [-0.2, -0.15) is 8.78 Å². The van der Waals surface area contributed by atoms with Crippen molar-refractivity contribution in [1.29, 1.82) is 0 Å². The van der Waals surface area contributed by atoms with Gasteiger partial charge in [-0.05, 0) is 31.2 Å². The van der Waals surface area contributed by atoms with E-state index in [4.69, 9.17) is 0 Å². The van der Waals surface area contributed by atoms with E-state index in [1.54, 1.807) is 17.0 Å². The summed E-state index contributed by atoms with van der Waals surface area (Å²) in [7, 11) is 0. The normalized spacial score (nSPS) is 21.6. The minimum atomic E-state index is -2.89. The predicted octanol–water partition coefficient (Wildman–Crippen LogP) is 1.83. The SMILES string of the molecule is Cl.O=C(c1cccc(OC(F)F)c1)N1CCN(C2CCNC2)CC1. The molecule has 1 unspecified atom stereocenters. The van der Waals surface area contributed by atoms with E-state index in [1.807, 2.05) is 0 Å². The second-order valence-corrected chi connectivity index (χ2v) is 5.88. The van der Waals surface area contributed by atoms with Gasteiger partial charge in [0.15, 0.2) is 0 Å². The molecule has 2 aliphatic heterocycles. The van der Waals surface area contributed by atoms with E-state index in [0.29, 0.717) is 24.7 Å². The molecule has 3 rings (SSSR count). The molecule has 0 aliphatic carbocycles. The summed E-state index contributed by atoms with van der Waals surface area (Å²) < 4.78 is 28.9. The van der Waals surface area contributed by atoms with Crippen molar-refractivity contribution in [2.75, 3.05) is 39.3 Å². The van der Waals surface area contributed by atoms with Crippen molar-refractivity contribution in [3.63, 3.8) is 0 Å². The Morgan fingerprint density at radius 3 is 2.62 bits per heavy atom. The fourth-order valence-electron chi connectivity index (χ4n) is 3.23. The lowest BCUT2D eigenvalue weighted by atomic mass is 10.1. The third-order valence-electron chi connectivity index (χ3n) is 4.46. The Labute approximate surface area is 146 Å². The first-order valence-electron chi connectivity index (χ1n) is 7.92. The van der Waals surface area contributed by atoms with E-state index in [0.717, 1.165) is 32.6 Å². The van der Waals surface area contributed by atoms with Gasteiger partial charge in [0.05, 0.1) is 0 Å². The number of hydrogen-bond donors (Lipinski definition) is 1. The first-order valence-corrected chi connectivity index (χ1v) is 7.92. The Balaban J connectivity index is 0.00000208. The molecule has 2 fully saturated rings. The summed E-state index contributed by atoms with van der Waals surface area (Å²) in [5.41, 5.74) is 0.388. The highest BCUT2D eigenvalue weighted by molar-refractivity contribution is 5.94. The Morgan fingerprint density at radius 1 is 1.25 bits per heavy atom. The number of nitrogens with zero attached hydrogens (tertiary/aromatic N) is 2. The highest BCUT2D eigenvalue weighted by Crippen LogP contribution is 2.19. The summed E-state index contributed by atoms with van der Waals surface area (Å²) >= 11 is 0. The van der Waals surface area contributed by atoms with Crippen molar-refractivity contribution in [1.82, 2.24) is 15.1 Å². The molecule has 8 heteroatoms. The molecule has 0 saturated carbocycles. The quantitative estimate of drug-likeness (QED) is 0.888. The molecule has 5 nitrogen and oxygen atoms in total. The van der Waals surface area contributed by atoms with E-state index in [2.05, 4.69) is 15.0 Å². The molecule has 2 aliphatic rings. The highest BCUT2D eigenvalue weighted by Gasteiger charge is 2.28. The van der Waals surface area contributed by atoms with Gasteiger partial charge < -0.3 is 15.0 Å². The van der Waals surface area contributed by atoms with Crippen LogP contribution in [0.5, 0.6) is 5.75 Å². The molecule has 0 aromatic heterocycles. The van der Waals surface area contributed by atoms with Crippen LogP contribution in [0.15, 0.2) is 24.3 Å². The number of hydrogen-bond acceptors (Lipinski definition) is 4. The van der Waals surface area contributed by atoms with Crippen LogP contribution < -0.4 is 10.1 Å². The zero-order chi connectivity index (χ0) is 16.2. The van der Waals surface area contributed by atoms with Crippen LogP contribution in [0.1, 0.15) is 16.8 Å². The fraction of sp³-hybridized carbons (Fsp3) is 0.562. The van der Waals surface area contributed by atoms with Gasteiger partial charge in [0.1, 0.15) is 5.75 Å². The van der Waals surface area contributed by atoms with E-state index in [1.165, 1.54) is 12.1 Å². The van der Waals surface area contributed by atoms with Gasteiger partial charge in [-0.3, -0.25) is 9.69 Å². The first kappa shape index (κ1) is 18.9. The van der Waals surface area contributed by atoms with E-state index < -0.39 is 6.61 Å². The van der Waals surface area contributed by atoms with Gasteiger partial charge in [-0.1, -0.05) is 6.07 Å². The molecule has 24 heavy (non-hydrogen) atoms. The summed E-state index contributed by atoms with van der Waals surface area (Å²) in [5.74, 6) is -0.115. The number of alkyl halides is 2. The molecule has 0 radical (unpaired) electrons. The van der Waals surface area contributed by atoms with Crippen molar-refractivity contribution in [2.24, 2.45) is 0 Å². The molecular formula is C16H22ClF2N3O2. The third kappa shape index (κ3) is 4.55. The minimum Gasteiger partial charge on any atom is -0.435 e. The molecule has 1 aromatic carbocycles. The van der Waals surface area contributed by atoms with Crippen LogP contribution in [0.3, 0.4) is 0 Å². The summed E-state index contributed by atoms with van der Waals surface area (Å²) in [6.45, 7) is 2.21. The molecule has 1 amide bonds. The smallest absolute Gasteiger partial charge is 0.387 e. The van der Waals surface area contributed by atoms with Gasteiger partial charge >= 0.3 is 6.61 Å². The van der Waals surface area contributed by atoms with Gasteiger partial charge in [-0.15, -0.1) is 12.4 Å². The maximum Gasteiger partial charge on any atom is 0.387 e. The molecule has 1 atom stereocenters. The van der Waals surface area contributed by atoms with Crippen LogP contribution in [0, 0.1) is 0 Å². The first-order chi connectivity index (χ1) is 11.1. The number of carbonyl (C=O) groups is 1. The standard InChI is InChI=1S/C16H21F2N3O2.ClH/c17-16(18)23-14-3-1-2-12(10-14)15(22)21-8-6-20(7-9-21)13-4-5-19-11-13;/h1-3,10,13,16,19H,4-9,11H2;1H. The van der Waals surface area contributed by atoms with Crippen LogP contribution in [0.25, 0.3) is 0 Å². The van der Waals surface area contributed by atoms with Crippen LogP contribution in [0.2, 0.25) is 0 Å². The molecular weight excluding hydrogens is 340 g/mol. The molecule has 2 heterocycles. The monoisotopic (exact) mass is 361 g/mol. The maximum atomic E-state index is 12.5. The lowest BCUT2D eigenvalue weighted by Crippen LogP contribution is -2.52. The second-order valence-electron chi connectivity index (χ2n) is 5.88. The van der Waals surface area contributed by atoms with Crippen LogP contribution >= 0.6 is 12.4 Å². The topological polar surface area (TPSA) is 44.8 Å². The highest BCUT2D eigenvalue weighted by atomic mass is 35.5. The molecule has 0 bridgehead atoms. The largest absolute Gasteiger partial charge is 0.435 e. The van der Waals surface area contributed by atoms with Crippen molar-refractivity contribution in [3.05, 3.63) is 29.8 Å². The van der Waals surface area contributed by atoms with Crippen LogP contribution in [-0.2, 0) is 0 Å². The van der Waals surface area contributed by atoms with Crippen molar-refractivity contribution in [3.8, 4) is 5.75 Å². The Bertz CT molecular complexity index is 548. The van der Waals surface area contributed by atoms with E-state index in [9.17, 15) is 13.6 Å². The summed E-state index contributed by atoms with van der Waals surface area (Å²) in [6.07, 6.45) is 1.15. The molecule has 1 N–H and O–H groups in total. The number of carbonyl (C=O) groups excluding carboxylic acids is 1. The lowest BCUT2D eigenvalue weighted by molar-refractivity contribution is -0.0499. The van der Waals surface area contributed by atoms with Crippen molar-refractivity contribution < 1.29 is 18.3 Å². The number of amides is 1. The average Bonchev–Trinajstić information content (AvgIpc) is 3.08. The molecule has 134 valence electrons. The number of benzene rings is 1. The maximum absolute atomic E-state index is 12.5. The summed E-state index contributed by atoms with van der Waals surface area (Å²) in [5, 5.41) is 3.35.